The first-order chi connectivity index (χ1) is 12.1. The Morgan fingerprint density at radius 3 is 2.76 bits per heavy atom. The summed E-state index contributed by atoms with van der Waals surface area (Å²) in [5.74, 6) is 2.45. The summed E-state index contributed by atoms with van der Waals surface area (Å²) < 4.78 is 5.57. The van der Waals surface area contributed by atoms with Crippen molar-refractivity contribution in [1.82, 2.24) is 39.4 Å². The molecule has 0 radical (unpaired) electrons. The lowest BCUT2D eigenvalue weighted by Gasteiger charge is -2.34. The van der Waals surface area contributed by atoms with Crippen LogP contribution >= 0.6 is 0 Å². The van der Waals surface area contributed by atoms with Crippen LogP contribution in [0.2, 0.25) is 0 Å². The van der Waals surface area contributed by atoms with Crippen molar-refractivity contribution in [2.75, 3.05) is 0 Å². The summed E-state index contributed by atoms with van der Waals surface area (Å²) in [6.07, 6.45) is 8.77. The number of nitrogens with one attached hydrogen (secondary N) is 1. The van der Waals surface area contributed by atoms with Crippen LogP contribution in [0.3, 0.4) is 0 Å². The molecule has 0 saturated heterocycles. The van der Waals surface area contributed by atoms with Crippen molar-refractivity contribution in [3.8, 4) is 0 Å². The second kappa shape index (κ2) is 6.15. The molecule has 9 heteroatoms. The minimum atomic E-state index is -0.131. The van der Waals surface area contributed by atoms with Gasteiger partial charge in [-0.05, 0) is 18.9 Å². The molecule has 3 aromatic heterocycles. The zero-order chi connectivity index (χ0) is 17.4. The van der Waals surface area contributed by atoms with Crippen LogP contribution in [-0.4, -0.2) is 46.0 Å². The number of rotatable bonds is 5. The van der Waals surface area contributed by atoms with Crippen molar-refractivity contribution < 1.29 is 4.79 Å². The molecule has 0 spiro atoms. The van der Waals surface area contributed by atoms with Gasteiger partial charge in [-0.2, -0.15) is 5.10 Å². The van der Waals surface area contributed by atoms with Crippen LogP contribution in [0.4, 0.5) is 0 Å². The lowest BCUT2D eigenvalue weighted by Crippen LogP contribution is -2.44. The molecule has 0 aliphatic heterocycles. The first kappa shape index (κ1) is 15.6. The molecule has 1 aliphatic carbocycles. The normalized spacial score (nSPS) is 19.6. The number of nitrogens with zero attached hydrogens (tertiary/aromatic N) is 7. The number of imidazole rings is 1. The number of aromatic nitrogens is 7. The van der Waals surface area contributed by atoms with E-state index >= 15 is 0 Å². The van der Waals surface area contributed by atoms with Gasteiger partial charge in [0.25, 0.3) is 5.91 Å². The molecular formula is C16H20N8O. The maximum absolute atomic E-state index is 12.2. The van der Waals surface area contributed by atoms with Gasteiger partial charge in [-0.25, -0.2) is 4.98 Å². The molecule has 1 N–H and O–H groups in total. The van der Waals surface area contributed by atoms with Gasteiger partial charge in [-0.15, -0.1) is 10.2 Å². The molecule has 1 aliphatic rings. The summed E-state index contributed by atoms with van der Waals surface area (Å²) in [6, 6.07) is 2.04. The zero-order valence-electron chi connectivity index (χ0n) is 14.2. The van der Waals surface area contributed by atoms with Gasteiger partial charge >= 0.3 is 0 Å². The Bertz CT molecular complexity index is 872. The van der Waals surface area contributed by atoms with Crippen LogP contribution in [0.15, 0.2) is 30.9 Å². The Balaban J connectivity index is 1.35. The Labute approximate surface area is 144 Å². The largest absolute Gasteiger partial charge is 0.347 e. The maximum atomic E-state index is 12.2. The molecule has 9 nitrogen and oxygen atoms in total. The standard InChI is InChI=1S/C16H20N8O/c1-22-7-5-17-15(22)16(25)19-12-8-11(9-12)14-21-20-13(23(14)2)10-24-6-3-4-18-24/h3-7,11-12H,8-10H2,1-2H3,(H,19,25). The van der Waals surface area contributed by atoms with E-state index in [9.17, 15) is 4.79 Å². The van der Waals surface area contributed by atoms with E-state index in [0.29, 0.717) is 18.3 Å². The van der Waals surface area contributed by atoms with Crippen molar-refractivity contribution in [1.29, 1.82) is 0 Å². The number of carbonyl (C=O) groups excluding carboxylic acids is 1. The van der Waals surface area contributed by atoms with Crippen LogP contribution in [-0.2, 0) is 20.6 Å². The molecule has 0 atom stereocenters. The number of carbonyl (C=O) groups is 1. The summed E-state index contributed by atoms with van der Waals surface area (Å²) in [5, 5.41) is 15.8. The molecule has 3 aromatic rings. The highest BCUT2D eigenvalue weighted by Crippen LogP contribution is 2.36. The summed E-state index contributed by atoms with van der Waals surface area (Å²) >= 11 is 0. The van der Waals surface area contributed by atoms with Crippen LogP contribution in [0, 0.1) is 0 Å². The second-order valence-electron chi connectivity index (χ2n) is 6.44. The van der Waals surface area contributed by atoms with Crippen LogP contribution in [0.25, 0.3) is 0 Å². The van der Waals surface area contributed by atoms with Gasteiger partial charge in [-0.1, -0.05) is 0 Å². The second-order valence-corrected chi connectivity index (χ2v) is 6.44. The molecule has 1 amide bonds. The van der Waals surface area contributed by atoms with Gasteiger partial charge in [-0.3, -0.25) is 9.48 Å². The third kappa shape index (κ3) is 2.92. The molecule has 0 unspecified atom stereocenters. The van der Waals surface area contributed by atoms with Gasteiger partial charge in [0.2, 0.25) is 0 Å². The van der Waals surface area contributed by atoms with E-state index in [2.05, 4.69) is 25.6 Å². The minimum Gasteiger partial charge on any atom is -0.347 e. The fourth-order valence-corrected chi connectivity index (χ4v) is 3.19. The zero-order valence-corrected chi connectivity index (χ0v) is 14.2. The molecule has 130 valence electrons. The van der Waals surface area contributed by atoms with Crippen molar-refractivity contribution >= 4 is 5.91 Å². The monoisotopic (exact) mass is 340 g/mol. The average molecular weight is 340 g/mol. The Morgan fingerprint density at radius 1 is 1.24 bits per heavy atom. The third-order valence-electron chi connectivity index (χ3n) is 4.72. The molecular weight excluding hydrogens is 320 g/mol. The maximum Gasteiger partial charge on any atom is 0.287 e. The van der Waals surface area contributed by atoms with E-state index in [4.69, 9.17) is 0 Å². The summed E-state index contributed by atoms with van der Waals surface area (Å²) in [6.45, 7) is 0.600. The lowest BCUT2D eigenvalue weighted by molar-refractivity contribution is 0.0893. The van der Waals surface area contributed by atoms with E-state index in [-0.39, 0.29) is 11.9 Å². The minimum absolute atomic E-state index is 0.131. The first-order valence-corrected chi connectivity index (χ1v) is 8.25. The number of amides is 1. The van der Waals surface area contributed by atoms with Crippen LogP contribution in [0.1, 0.15) is 41.0 Å². The van der Waals surface area contributed by atoms with Crippen molar-refractivity contribution in [2.45, 2.75) is 31.3 Å². The molecule has 0 aromatic carbocycles. The van der Waals surface area contributed by atoms with E-state index in [1.54, 1.807) is 23.2 Å². The van der Waals surface area contributed by atoms with Crippen molar-refractivity contribution in [3.05, 3.63) is 48.3 Å². The first-order valence-electron chi connectivity index (χ1n) is 8.25. The quantitative estimate of drug-likeness (QED) is 0.728. The summed E-state index contributed by atoms with van der Waals surface area (Å²) in [7, 11) is 3.79. The van der Waals surface area contributed by atoms with Gasteiger partial charge in [0, 0.05) is 50.8 Å². The SMILES string of the molecule is Cn1ccnc1C(=O)NC1CC(c2nnc(Cn3cccn3)n2C)C1. The smallest absolute Gasteiger partial charge is 0.287 e. The van der Waals surface area contributed by atoms with E-state index in [1.807, 2.05) is 35.6 Å². The Morgan fingerprint density at radius 2 is 2.08 bits per heavy atom. The average Bonchev–Trinajstić information content (AvgIpc) is 3.27. The van der Waals surface area contributed by atoms with Crippen LogP contribution < -0.4 is 5.32 Å². The third-order valence-corrected chi connectivity index (χ3v) is 4.72. The fraction of sp³-hybridized carbons (Fsp3) is 0.438. The van der Waals surface area contributed by atoms with E-state index in [1.165, 1.54) is 0 Å². The lowest BCUT2D eigenvalue weighted by atomic mass is 9.79. The topological polar surface area (TPSA) is 95.4 Å². The molecule has 0 bridgehead atoms. The predicted octanol–water partition coefficient (Wildman–Crippen LogP) is 0.469. The summed E-state index contributed by atoms with van der Waals surface area (Å²) in [4.78, 5) is 16.3. The Hall–Kier alpha value is -2.97. The molecule has 4 rings (SSSR count). The predicted molar refractivity (Wildman–Crippen MR) is 88.8 cm³/mol. The van der Waals surface area contributed by atoms with Crippen molar-refractivity contribution in [2.24, 2.45) is 14.1 Å². The van der Waals surface area contributed by atoms with Gasteiger partial charge < -0.3 is 14.5 Å². The number of aryl methyl sites for hydroxylation is 1. The van der Waals surface area contributed by atoms with Crippen molar-refractivity contribution in [3.63, 3.8) is 0 Å². The highest BCUT2D eigenvalue weighted by atomic mass is 16.2. The van der Waals surface area contributed by atoms with E-state index < -0.39 is 0 Å². The molecule has 1 saturated carbocycles. The highest BCUT2D eigenvalue weighted by Gasteiger charge is 2.35. The van der Waals surface area contributed by atoms with Gasteiger partial charge in [0.05, 0.1) is 0 Å². The van der Waals surface area contributed by atoms with Crippen LogP contribution in [0.5, 0.6) is 0 Å². The highest BCUT2D eigenvalue weighted by molar-refractivity contribution is 5.91. The number of hydrogen-bond donors (Lipinski definition) is 1. The number of hydrogen-bond acceptors (Lipinski definition) is 5. The fourth-order valence-electron chi connectivity index (χ4n) is 3.19. The molecule has 3 heterocycles. The van der Waals surface area contributed by atoms with Gasteiger partial charge in [0.1, 0.15) is 12.4 Å². The van der Waals surface area contributed by atoms with E-state index in [0.717, 1.165) is 24.5 Å². The Kier molecular flexibility index (Phi) is 3.83. The molecule has 25 heavy (non-hydrogen) atoms. The summed E-state index contributed by atoms with van der Waals surface area (Å²) in [5.41, 5.74) is 0. The molecule has 1 fully saturated rings. The van der Waals surface area contributed by atoms with Gasteiger partial charge in [0.15, 0.2) is 11.6 Å².